The Bertz CT molecular complexity index is 1070. The van der Waals surface area contributed by atoms with E-state index in [1.165, 1.54) is 57.7 Å². The number of rotatable bonds is 8. The number of ether oxygens (including phenoxy) is 2. The van der Waals surface area contributed by atoms with Gasteiger partial charge in [0.2, 0.25) is 0 Å². The maximum Gasteiger partial charge on any atom is 0.337 e. The van der Waals surface area contributed by atoms with Crippen molar-refractivity contribution in [3.63, 3.8) is 0 Å². The van der Waals surface area contributed by atoms with Crippen molar-refractivity contribution in [3.8, 4) is 5.75 Å². The van der Waals surface area contributed by atoms with Crippen LogP contribution in [0.3, 0.4) is 0 Å². The number of methoxy groups -OCH3 is 1. The number of hydrogen-bond acceptors (Lipinski definition) is 5. The minimum Gasteiger partial charge on any atom is -0.484 e. The lowest BCUT2D eigenvalue weighted by molar-refractivity contribution is -0.118. The smallest absolute Gasteiger partial charge is 0.337 e. The number of benzene rings is 2. The van der Waals surface area contributed by atoms with Crippen LogP contribution in [0, 0.1) is 17.3 Å². The first kappa shape index (κ1) is 23.9. The van der Waals surface area contributed by atoms with Crippen LogP contribution in [0.5, 0.6) is 5.75 Å². The van der Waals surface area contributed by atoms with E-state index in [0.29, 0.717) is 27.8 Å². The molecule has 1 amide bonds. The molecule has 2 unspecified atom stereocenters. The molecule has 2 atom stereocenters. The van der Waals surface area contributed by atoms with Gasteiger partial charge in [0.15, 0.2) is 6.61 Å². The van der Waals surface area contributed by atoms with Gasteiger partial charge in [0, 0.05) is 12.2 Å². The maximum absolute atomic E-state index is 12.4. The molecule has 2 aromatic rings. The number of anilines is 1. The lowest BCUT2D eigenvalue weighted by Gasteiger charge is -2.63. The van der Waals surface area contributed by atoms with Crippen LogP contribution >= 0.6 is 0 Å². The van der Waals surface area contributed by atoms with E-state index in [1.807, 2.05) is 12.1 Å². The molecule has 4 bridgehead atoms. The number of nitrogens with one attached hydrogen (secondary N) is 1. The first-order chi connectivity index (χ1) is 16.8. The second-order valence-electron chi connectivity index (χ2n) is 11.4. The average molecular weight is 477 g/mol. The summed E-state index contributed by atoms with van der Waals surface area (Å²) in [5.41, 5.74) is 3.11. The zero-order chi connectivity index (χ0) is 24.6. The van der Waals surface area contributed by atoms with E-state index in [0.717, 1.165) is 11.8 Å². The number of amides is 1. The molecule has 6 nitrogen and oxygen atoms in total. The van der Waals surface area contributed by atoms with Crippen LogP contribution in [0.2, 0.25) is 0 Å². The molecule has 186 valence electrons. The van der Waals surface area contributed by atoms with Gasteiger partial charge in [-0.2, -0.15) is 0 Å². The van der Waals surface area contributed by atoms with E-state index in [1.54, 1.807) is 24.3 Å². The Morgan fingerprint density at radius 1 is 1.03 bits per heavy atom. The SMILES string of the molecule is COC(=O)c1cccc(NC(=O)COc2ccc(C34CC5CC(CC(CN(C)C)(C5)C3)C4)cc2)c1. The van der Waals surface area contributed by atoms with E-state index in [-0.39, 0.29) is 12.5 Å². The van der Waals surface area contributed by atoms with Gasteiger partial charge in [-0.25, -0.2) is 4.79 Å². The minimum absolute atomic E-state index is 0.0942. The molecular formula is C29H36N2O4. The van der Waals surface area contributed by atoms with Crippen molar-refractivity contribution in [1.82, 2.24) is 4.90 Å². The molecule has 6 rings (SSSR count). The summed E-state index contributed by atoms with van der Waals surface area (Å²) in [4.78, 5) is 26.5. The van der Waals surface area contributed by atoms with Crippen molar-refractivity contribution >= 4 is 17.6 Å². The molecule has 0 aromatic heterocycles. The van der Waals surface area contributed by atoms with E-state index in [4.69, 9.17) is 9.47 Å². The monoisotopic (exact) mass is 476 g/mol. The third kappa shape index (κ3) is 4.94. The lowest BCUT2D eigenvalue weighted by Crippen LogP contribution is -2.56. The quantitative estimate of drug-likeness (QED) is 0.550. The highest BCUT2D eigenvalue weighted by Crippen LogP contribution is 2.65. The highest BCUT2D eigenvalue weighted by molar-refractivity contribution is 5.95. The molecule has 4 fully saturated rings. The van der Waals surface area contributed by atoms with Gasteiger partial charge in [0.05, 0.1) is 12.7 Å². The molecule has 4 aliphatic rings. The molecule has 0 saturated heterocycles. The van der Waals surface area contributed by atoms with Gasteiger partial charge in [0.25, 0.3) is 5.91 Å². The summed E-state index contributed by atoms with van der Waals surface area (Å²) in [7, 11) is 5.75. The second-order valence-corrected chi connectivity index (χ2v) is 11.4. The molecule has 1 N–H and O–H groups in total. The summed E-state index contributed by atoms with van der Waals surface area (Å²) in [5.74, 6) is 1.69. The van der Waals surface area contributed by atoms with Crippen LogP contribution in [0.15, 0.2) is 48.5 Å². The number of esters is 1. The van der Waals surface area contributed by atoms with Crippen molar-refractivity contribution in [1.29, 1.82) is 0 Å². The predicted molar refractivity (Wildman–Crippen MR) is 136 cm³/mol. The van der Waals surface area contributed by atoms with Gasteiger partial charge in [-0.15, -0.1) is 0 Å². The molecule has 0 spiro atoms. The lowest BCUT2D eigenvalue weighted by atomic mass is 9.43. The molecule has 4 saturated carbocycles. The fraction of sp³-hybridized carbons (Fsp3) is 0.517. The van der Waals surface area contributed by atoms with E-state index >= 15 is 0 Å². The van der Waals surface area contributed by atoms with Crippen LogP contribution in [0.4, 0.5) is 5.69 Å². The van der Waals surface area contributed by atoms with Crippen LogP contribution in [0.25, 0.3) is 0 Å². The average Bonchev–Trinajstić information content (AvgIpc) is 2.81. The summed E-state index contributed by atoms with van der Waals surface area (Å²) in [6, 6.07) is 15.1. The second kappa shape index (κ2) is 9.30. The molecule has 4 aliphatic carbocycles. The first-order valence-electron chi connectivity index (χ1n) is 12.6. The number of carbonyl (C=O) groups is 2. The van der Waals surface area contributed by atoms with E-state index < -0.39 is 5.97 Å². The first-order valence-corrected chi connectivity index (χ1v) is 12.6. The Balaban J connectivity index is 1.21. The van der Waals surface area contributed by atoms with Crippen LogP contribution in [0.1, 0.15) is 54.4 Å². The van der Waals surface area contributed by atoms with Gasteiger partial charge in [-0.3, -0.25) is 4.79 Å². The summed E-state index contributed by atoms with van der Waals surface area (Å²) in [6.45, 7) is 1.10. The Morgan fingerprint density at radius 3 is 2.40 bits per heavy atom. The van der Waals surface area contributed by atoms with Crippen LogP contribution in [-0.2, 0) is 14.9 Å². The number of hydrogen-bond donors (Lipinski definition) is 1. The van der Waals surface area contributed by atoms with Crippen molar-refractivity contribution in [2.75, 3.05) is 39.7 Å². The third-order valence-electron chi connectivity index (χ3n) is 8.24. The largest absolute Gasteiger partial charge is 0.484 e. The van der Waals surface area contributed by atoms with Gasteiger partial charge in [-0.05, 0) is 111 Å². The molecule has 0 aliphatic heterocycles. The van der Waals surface area contributed by atoms with Crippen molar-refractivity contribution in [2.45, 2.75) is 43.9 Å². The molecule has 35 heavy (non-hydrogen) atoms. The zero-order valence-corrected chi connectivity index (χ0v) is 21.0. The molecule has 6 heteroatoms. The van der Waals surface area contributed by atoms with Gasteiger partial charge >= 0.3 is 5.97 Å². The van der Waals surface area contributed by atoms with Crippen molar-refractivity contribution in [2.24, 2.45) is 17.3 Å². The fourth-order valence-electron chi connectivity index (χ4n) is 7.74. The Morgan fingerprint density at radius 2 is 1.74 bits per heavy atom. The minimum atomic E-state index is -0.441. The normalized spacial score (nSPS) is 28.7. The van der Waals surface area contributed by atoms with Gasteiger partial charge in [0.1, 0.15) is 5.75 Å². The Kier molecular flexibility index (Phi) is 6.34. The molecule has 2 aromatic carbocycles. The molecule has 0 radical (unpaired) electrons. The topological polar surface area (TPSA) is 67.9 Å². The number of carbonyl (C=O) groups excluding carboxylic acids is 2. The summed E-state index contributed by atoms with van der Waals surface area (Å²) >= 11 is 0. The Hall–Kier alpha value is -2.86. The standard InChI is InChI=1S/C29H36N2O4/c1-31(2)19-28-13-20-11-21(14-28)16-29(15-20,18-28)23-7-9-25(10-8-23)35-17-26(32)30-24-6-4-5-22(12-24)27(33)34-3/h4-10,12,20-21H,11,13-19H2,1-3H3,(H,30,32). The highest BCUT2D eigenvalue weighted by atomic mass is 16.5. The van der Waals surface area contributed by atoms with Crippen LogP contribution < -0.4 is 10.1 Å². The fourth-order valence-corrected chi connectivity index (χ4v) is 7.74. The summed E-state index contributed by atoms with van der Waals surface area (Å²) < 4.78 is 10.5. The summed E-state index contributed by atoms with van der Waals surface area (Å²) in [6.07, 6.45) is 8.11. The Labute approximate surface area is 208 Å². The van der Waals surface area contributed by atoms with E-state index in [2.05, 4.69) is 36.4 Å². The predicted octanol–water partition coefficient (Wildman–Crippen LogP) is 4.89. The molecule has 0 heterocycles. The van der Waals surface area contributed by atoms with Gasteiger partial charge in [-0.1, -0.05) is 18.2 Å². The van der Waals surface area contributed by atoms with Crippen molar-refractivity contribution < 1.29 is 19.1 Å². The van der Waals surface area contributed by atoms with Gasteiger partial charge < -0.3 is 19.7 Å². The van der Waals surface area contributed by atoms with Crippen LogP contribution in [-0.4, -0.2) is 51.1 Å². The van der Waals surface area contributed by atoms with E-state index in [9.17, 15) is 9.59 Å². The highest BCUT2D eigenvalue weighted by Gasteiger charge is 2.58. The number of nitrogens with zero attached hydrogens (tertiary/aromatic N) is 1. The van der Waals surface area contributed by atoms with Crippen molar-refractivity contribution in [3.05, 3.63) is 59.7 Å². The maximum atomic E-state index is 12.4. The third-order valence-corrected chi connectivity index (χ3v) is 8.24. The summed E-state index contributed by atoms with van der Waals surface area (Å²) in [5, 5.41) is 2.78. The zero-order valence-electron chi connectivity index (χ0n) is 21.0. The molecular weight excluding hydrogens is 440 g/mol.